The minimum absolute atomic E-state index is 0.380. The van der Waals surface area contributed by atoms with E-state index in [9.17, 15) is 0 Å². The van der Waals surface area contributed by atoms with Gasteiger partial charge in [0, 0.05) is 17.4 Å². The Kier molecular flexibility index (Phi) is 7.10. The molecule has 1 aliphatic rings. The summed E-state index contributed by atoms with van der Waals surface area (Å²) >= 11 is 0. The monoisotopic (exact) mass is 571 g/mol. The van der Waals surface area contributed by atoms with Crippen LogP contribution in [0, 0.1) is 0 Å². The van der Waals surface area contributed by atoms with Crippen molar-refractivity contribution in [2.24, 2.45) is 0 Å². The van der Waals surface area contributed by atoms with Crippen molar-refractivity contribution in [3.05, 3.63) is 173 Å². The van der Waals surface area contributed by atoms with Gasteiger partial charge in [-0.3, -0.25) is 9.97 Å². The van der Waals surface area contributed by atoms with Gasteiger partial charge in [0.1, 0.15) is 5.41 Å². The van der Waals surface area contributed by atoms with E-state index in [-0.39, 0.29) is 0 Å². The molecule has 44 heavy (non-hydrogen) atoms. The minimum Gasteiger partial charge on any atom is -0.310 e. The summed E-state index contributed by atoms with van der Waals surface area (Å²) in [4.78, 5) is 13.0. The van der Waals surface area contributed by atoms with Crippen LogP contribution in [0.3, 0.4) is 0 Å². The van der Waals surface area contributed by atoms with E-state index in [1.165, 1.54) is 22.3 Å². The van der Waals surface area contributed by atoms with E-state index in [2.05, 4.69) is 154 Å². The molecular weight excluding hydrogens is 534 g/mol. The Morgan fingerprint density at radius 1 is 0.545 bits per heavy atom. The Balaban J connectivity index is 1.64. The highest BCUT2D eigenvalue weighted by atomic mass is 15.2. The van der Waals surface area contributed by atoms with Gasteiger partial charge in [-0.15, -0.1) is 0 Å². The fourth-order valence-electron chi connectivity index (χ4n) is 6.63. The van der Waals surface area contributed by atoms with Crippen LogP contribution >= 0.6 is 0 Å². The van der Waals surface area contributed by atoms with Crippen molar-refractivity contribution in [3.8, 4) is 11.3 Å². The smallest absolute Gasteiger partial charge is 0.108 e. The second-order valence-corrected chi connectivity index (χ2v) is 12.3. The molecule has 0 spiro atoms. The predicted molar refractivity (Wildman–Crippen MR) is 182 cm³/mol. The lowest BCUT2D eigenvalue weighted by molar-refractivity contribution is 0.676. The second kappa shape index (κ2) is 11.2. The number of rotatable bonds is 6. The first-order chi connectivity index (χ1) is 21.5. The van der Waals surface area contributed by atoms with Crippen molar-refractivity contribution in [3.63, 3.8) is 0 Å². The molecular formula is C41H37N3. The first kappa shape index (κ1) is 27.8. The Hall–Kier alpha value is -5.02. The maximum Gasteiger partial charge on any atom is 0.108 e. The van der Waals surface area contributed by atoms with Gasteiger partial charge in [0.25, 0.3) is 0 Å². The Labute approximate surface area is 260 Å². The quantitative estimate of drug-likeness (QED) is 0.199. The lowest BCUT2D eigenvalue weighted by Gasteiger charge is -2.45. The summed E-state index contributed by atoms with van der Waals surface area (Å²) in [7, 11) is 0. The van der Waals surface area contributed by atoms with Crippen LogP contribution in [0.1, 0.15) is 73.2 Å². The first-order valence-corrected chi connectivity index (χ1v) is 15.6. The topological polar surface area (TPSA) is 29.0 Å². The third-order valence-electron chi connectivity index (χ3n) is 8.93. The van der Waals surface area contributed by atoms with Crippen molar-refractivity contribution in [2.75, 3.05) is 4.90 Å². The first-order valence-electron chi connectivity index (χ1n) is 15.6. The molecule has 0 radical (unpaired) electrons. The fourth-order valence-corrected chi connectivity index (χ4v) is 6.63. The number of para-hydroxylation sites is 1. The van der Waals surface area contributed by atoms with Gasteiger partial charge in [-0.05, 0) is 82.6 Å². The van der Waals surface area contributed by atoms with E-state index in [4.69, 9.17) is 9.97 Å². The van der Waals surface area contributed by atoms with Crippen LogP contribution in [0.25, 0.3) is 11.3 Å². The summed E-state index contributed by atoms with van der Waals surface area (Å²) in [6.07, 6.45) is 1.91. The van der Waals surface area contributed by atoms with Gasteiger partial charge in [-0.25, -0.2) is 0 Å². The number of benzene rings is 4. The summed E-state index contributed by atoms with van der Waals surface area (Å²) in [5.74, 6) is 0.759. The van der Waals surface area contributed by atoms with E-state index < -0.39 is 5.41 Å². The Morgan fingerprint density at radius 2 is 1.11 bits per heavy atom. The molecule has 0 fully saturated rings. The normalized spacial score (nSPS) is 13.5. The van der Waals surface area contributed by atoms with Crippen molar-refractivity contribution in [1.82, 2.24) is 9.97 Å². The number of nitrogens with zero attached hydrogens (tertiary/aromatic N) is 3. The molecule has 2 aromatic heterocycles. The Bertz CT molecular complexity index is 1850. The van der Waals surface area contributed by atoms with Gasteiger partial charge in [0.15, 0.2) is 0 Å². The molecule has 0 atom stereocenters. The number of hydrogen-bond donors (Lipinski definition) is 0. The maximum atomic E-state index is 5.47. The van der Waals surface area contributed by atoms with Gasteiger partial charge < -0.3 is 4.90 Å². The molecule has 3 heterocycles. The SMILES string of the molecule is CC(C)c1ccc2c(c1)N(c1ccccc1)c1cc(C(C)C)ccc1C2(c1ccccn1)c1cccc(-c2ccccc2)n1. The molecule has 1 aliphatic heterocycles. The molecule has 0 saturated carbocycles. The van der Waals surface area contributed by atoms with Crippen LogP contribution in [0.2, 0.25) is 0 Å². The molecule has 7 rings (SSSR count). The fraction of sp³-hybridized carbons (Fsp3) is 0.171. The number of fused-ring (bicyclic) bond motifs is 2. The van der Waals surface area contributed by atoms with Gasteiger partial charge in [-0.1, -0.05) is 113 Å². The lowest BCUT2D eigenvalue weighted by atomic mass is 9.65. The average Bonchev–Trinajstić information content (AvgIpc) is 3.08. The number of pyridine rings is 2. The summed E-state index contributed by atoms with van der Waals surface area (Å²) < 4.78 is 0. The third kappa shape index (κ3) is 4.51. The van der Waals surface area contributed by atoms with Crippen LogP contribution in [0.5, 0.6) is 0 Å². The predicted octanol–water partition coefficient (Wildman–Crippen LogP) is 10.6. The highest BCUT2D eigenvalue weighted by molar-refractivity contribution is 5.89. The molecule has 216 valence electrons. The van der Waals surface area contributed by atoms with Crippen LogP contribution in [0.15, 0.2) is 140 Å². The van der Waals surface area contributed by atoms with E-state index in [0.717, 1.165) is 39.7 Å². The molecule has 3 heteroatoms. The molecule has 0 N–H and O–H groups in total. The standard InChI is InChI=1S/C41H37N3/c1-28(2)31-21-23-34-37(26-31)44(33-16-9-6-10-17-33)38-27-32(29(3)4)22-24-35(38)41(34,39-19-11-12-25-42-39)40-20-13-18-36(43-40)30-14-7-5-8-15-30/h5-29H,1-4H3. The maximum absolute atomic E-state index is 5.47. The number of anilines is 3. The van der Waals surface area contributed by atoms with Crippen LogP contribution < -0.4 is 4.90 Å². The highest BCUT2D eigenvalue weighted by Crippen LogP contribution is 2.57. The second-order valence-electron chi connectivity index (χ2n) is 12.3. The van der Waals surface area contributed by atoms with Crippen LogP contribution in [-0.4, -0.2) is 9.97 Å². The molecule has 0 unspecified atom stereocenters. The van der Waals surface area contributed by atoms with Crippen molar-refractivity contribution >= 4 is 17.1 Å². The van der Waals surface area contributed by atoms with Crippen molar-refractivity contribution in [1.29, 1.82) is 0 Å². The van der Waals surface area contributed by atoms with E-state index in [0.29, 0.717) is 11.8 Å². The number of hydrogen-bond acceptors (Lipinski definition) is 3. The molecule has 0 aliphatic carbocycles. The molecule has 4 aromatic carbocycles. The largest absolute Gasteiger partial charge is 0.310 e. The van der Waals surface area contributed by atoms with E-state index in [1.54, 1.807) is 0 Å². The molecule has 3 nitrogen and oxygen atoms in total. The summed E-state index contributed by atoms with van der Waals surface area (Å²) in [6.45, 7) is 9.05. The van der Waals surface area contributed by atoms with Gasteiger partial charge in [-0.2, -0.15) is 0 Å². The number of aromatic nitrogens is 2. The lowest BCUT2D eigenvalue weighted by Crippen LogP contribution is -2.39. The molecule has 0 amide bonds. The summed E-state index contributed by atoms with van der Waals surface area (Å²) in [5, 5.41) is 0. The van der Waals surface area contributed by atoms with Gasteiger partial charge in [0.05, 0.1) is 28.5 Å². The molecule has 6 aromatic rings. The third-order valence-corrected chi connectivity index (χ3v) is 8.93. The molecule has 0 bridgehead atoms. The molecule has 0 saturated heterocycles. The van der Waals surface area contributed by atoms with Crippen molar-refractivity contribution < 1.29 is 0 Å². The van der Waals surface area contributed by atoms with Crippen molar-refractivity contribution in [2.45, 2.75) is 44.9 Å². The highest BCUT2D eigenvalue weighted by Gasteiger charge is 2.49. The zero-order valence-corrected chi connectivity index (χ0v) is 25.8. The van der Waals surface area contributed by atoms with Crippen LogP contribution in [0.4, 0.5) is 17.1 Å². The van der Waals surface area contributed by atoms with E-state index >= 15 is 0 Å². The summed E-state index contributed by atoms with van der Waals surface area (Å²) in [5.41, 5.74) is 11.6. The van der Waals surface area contributed by atoms with Gasteiger partial charge in [0.2, 0.25) is 0 Å². The zero-order valence-electron chi connectivity index (χ0n) is 25.8. The Morgan fingerprint density at radius 3 is 1.68 bits per heavy atom. The minimum atomic E-state index is -0.743. The van der Waals surface area contributed by atoms with Crippen LogP contribution in [-0.2, 0) is 5.41 Å². The average molecular weight is 572 g/mol. The zero-order chi connectivity index (χ0) is 30.3. The summed E-state index contributed by atoms with van der Waals surface area (Å²) in [6, 6.07) is 47.9. The van der Waals surface area contributed by atoms with Gasteiger partial charge >= 0.3 is 0 Å². The van der Waals surface area contributed by atoms with E-state index in [1.807, 2.05) is 18.3 Å².